The van der Waals surface area contributed by atoms with E-state index in [1.165, 1.54) is 5.69 Å². The summed E-state index contributed by atoms with van der Waals surface area (Å²) in [6, 6.07) is 18.6. The van der Waals surface area contributed by atoms with Crippen molar-refractivity contribution in [3.05, 3.63) is 60.2 Å². The molecular weight excluding hydrogens is 350 g/mol. The minimum Gasteiger partial charge on any atom is -0.369 e. The van der Waals surface area contributed by atoms with Gasteiger partial charge in [0.1, 0.15) is 6.10 Å². The normalized spacial score (nSPS) is 21.1. The van der Waals surface area contributed by atoms with Crippen molar-refractivity contribution in [2.45, 2.75) is 19.4 Å². The molecule has 2 aliphatic heterocycles. The number of piperazine rings is 1. The summed E-state index contributed by atoms with van der Waals surface area (Å²) in [5.41, 5.74) is 3.37. The van der Waals surface area contributed by atoms with E-state index < -0.39 is 0 Å². The molecule has 0 saturated carbocycles. The van der Waals surface area contributed by atoms with Crippen LogP contribution in [-0.2, 0) is 16.0 Å². The van der Waals surface area contributed by atoms with Crippen LogP contribution in [0.4, 0.5) is 11.4 Å². The summed E-state index contributed by atoms with van der Waals surface area (Å²) in [6.45, 7) is 8.07. The summed E-state index contributed by atoms with van der Waals surface area (Å²) in [4.78, 5) is 17.2. The van der Waals surface area contributed by atoms with Gasteiger partial charge in [-0.25, -0.2) is 0 Å². The molecular formula is C23H29N3O2. The number of nitrogens with zero attached hydrogens (tertiary/aromatic N) is 2. The summed E-state index contributed by atoms with van der Waals surface area (Å²) < 4.78 is 6.00. The number of para-hydroxylation sites is 2. The molecule has 2 aromatic rings. The smallest absolute Gasteiger partial charge is 0.253 e. The lowest BCUT2D eigenvalue weighted by Crippen LogP contribution is -2.48. The Morgan fingerprint density at radius 3 is 2.54 bits per heavy atom. The van der Waals surface area contributed by atoms with Gasteiger partial charge in [-0.05, 0) is 29.7 Å². The van der Waals surface area contributed by atoms with Crippen molar-refractivity contribution < 1.29 is 9.53 Å². The maximum atomic E-state index is 12.3. The van der Waals surface area contributed by atoms with Gasteiger partial charge in [-0.2, -0.15) is 0 Å². The Balaban J connectivity index is 1.21. The summed E-state index contributed by atoms with van der Waals surface area (Å²) in [7, 11) is 0. The van der Waals surface area contributed by atoms with Crippen LogP contribution < -0.4 is 10.2 Å². The molecule has 2 atom stereocenters. The van der Waals surface area contributed by atoms with Gasteiger partial charge >= 0.3 is 0 Å². The molecule has 148 valence electrons. The third kappa shape index (κ3) is 4.54. The highest BCUT2D eigenvalue weighted by atomic mass is 16.5. The van der Waals surface area contributed by atoms with E-state index in [0.717, 1.165) is 44.0 Å². The van der Waals surface area contributed by atoms with E-state index in [2.05, 4.69) is 58.4 Å². The lowest BCUT2D eigenvalue weighted by atomic mass is 10.0. The molecule has 0 radical (unpaired) electrons. The monoisotopic (exact) mass is 379 g/mol. The molecule has 2 heterocycles. The van der Waals surface area contributed by atoms with Crippen LogP contribution in [0.25, 0.3) is 0 Å². The molecule has 1 saturated heterocycles. The Labute approximate surface area is 167 Å². The van der Waals surface area contributed by atoms with E-state index in [0.29, 0.717) is 18.9 Å². The van der Waals surface area contributed by atoms with Gasteiger partial charge in [0.05, 0.1) is 6.61 Å². The predicted octanol–water partition coefficient (Wildman–Crippen LogP) is 3.02. The molecule has 1 fully saturated rings. The first-order valence-corrected chi connectivity index (χ1v) is 10.2. The van der Waals surface area contributed by atoms with Gasteiger partial charge < -0.3 is 15.0 Å². The standard InChI is InChI=1S/C23H29N3O2/c1-18(16-25-11-13-26(14-12-25)20-8-3-2-4-9-20)17-28-22-15-19-7-5-6-10-21(19)24-23(22)27/h2-10,18,22H,11-17H2,1H3,(H,24,27). The molecule has 4 rings (SSSR count). The van der Waals surface area contributed by atoms with Gasteiger partial charge in [0.15, 0.2) is 0 Å². The van der Waals surface area contributed by atoms with Gasteiger partial charge in [0.2, 0.25) is 0 Å². The largest absolute Gasteiger partial charge is 0.369 e. The fraction of sp³-hybridized carbons (Fsp3) is 0.435. The number of benzene rings is 2. The summed E-state index contributed by atoms with van der Waals surface area (Å²) in [5, 5.41) is 2.96. The number of carbonyl (C=O) groups excluding carboxylic acids is 1. The van der Waals surface area contributed by atoms with Crippen molar-refractivity contribution in [3.8, 4) is 0 Å². The number of rotatable bonds is 6. The highest BCUT2D eigenvalue weighted by Gasteiger charge is 2.27. The number of ether oxygens (including phenoxy) is 1. The number of amides is 1. The Kier molecular flexibility index (Phi) is 5.93. The summed E-state index contributed by atoms with van der Waals surface area (Å²) in [6.07, 6.45) is 0.275. The van der Waals surface area contributed by atoms with E-state index in [1.54, 1.807) is 0 Å². The zero-order valence-electron chi connectivity index (χ0n) is 16.5. The third-order valence-electron chi connectivity index (χ3n) is 5.62. The minimum atomic E-state index is -0.382. The fourth-order valence-electron chi connectivity index (χ4n) is 4.06. The van der Waals surface area contributed by atoms with Crippen molar-refractivity contribution in [2.24, 2.45) is 5.92 Å². The summed E-state index contributed by atoms with van der Waals surface area (Å²) in [5.74, 6) is 0.371. The van der Waals surface area contributed by atoms with Crippen molar-refractivity contribution in [3.63, 3.8) is 0 Å². The highest BCUT2D eigenvalue weighted by molar-refractivity contribution is 5.97. The van der Waals surface area contributed by atoms with Crippen LogP contribution in [0.15, 0.2) is 54.6 Å². The van der Waals surface area contributed by atoms with Crippen molar-refractivity contribution in [2.75, 3.05) is 49.5 Å². The van der Waals surface area contributed by atoms with Crippen LogP contribution in [0, 0.1) is 5.92 Å². The second kappa shape index (κ2) is 8.76. The van der Waals surface area contributed by atoms with Gasteiger partial charge in [0.25, 0.3) is 5.91 Å². The summed E-state index contributed by atoms with van der Waals surface area (Å²) >= 11 is 0. The molecule has 0 aromatic heterocycles. The molecule has 5 nitrogen and oxygen atoms in total. The molecule has 2 unspecified atom stereocenters. The van der Waals surface area contributed by atoms with Crippen LogP contribution in [0.3, 0.4) is 0 Å². The van der Waals surface area contributed by atoms with Gasteiger partial charge in [0, 0.05) is 50.5 Å². The average Bonchev–Trinajstić information content (AvgIpc) is 2.73. The Morgan fingerprint density at radius 2 is 1.75 bits per heavy atom. The molecule has 0 spiro atoms. The fourth-order valence-corrected chi connectivity index (χ4v) is 4.06. The number of hydrogen-bond donors (Lipinski definition) is 1. The lowest BCUT2D eigenvalue weighted by molar-refractivity contribution is -0.128. The number of anilines is 2. The molecule has 1 N–H and O–H groups in total. The van der Waals surface area contributed by atoms with Gasteiger partial charge in [-0.3, -0.25) is 9.69 Å². The van der Waals surface area contributed by atoms with Crippen LogP contribution in [0.5, 0.6) is 0 Å². The molecule has 1 amide bonds. The Morgan fingerprint density at radius 1 is 1.04 bits per heavy atom. The molecule has 0 bridgehead atoms. The van der Waals surface area contributed by atoms with Gasteiger partial charge in [-0.15, -0.1) is 0 Å². The van der Waals surface area contributed by atoms with Crippen LogP contribution in [0.1, 0.15) is 12.5 Å². The quantitative estimate of drug-likeness (QED) is 0.838. The maximum absolute atomic E-state index is 12.3. The zero-order valence-corrected chi connectivity index (χ0v) is 16.5. The number of fused-ring (bicyclic) bond motifs is 1. The van der Waals surface area contributed by atoms with E-state index in [9.17, 15) is 4.79 Å². The van der Waals surface area contributed by atoms with Gasteiger partial charge in [-0.1, -0.05) is 43.3 Å². The maximum Gasteiger partial charge on any atom is 0.253 e. The van der Waals surface area contributed by atoms with Crippen molar-refractivity contribution in [1.82, 2.24) is 4.90 Å². The van der Waals surface area contributed by atoms with Crippen molar-refractivity contribution in [1.29, 1.82) is 0 Å². The van der Waals surface area contributed by atoms with Crippen LogP contribution in [-0.4, -0.2) is 56.2 Å². The van der Waals surface area contributed by atoms with E-state index in [1.807, 2.05) is 18.2 Å². The second-order valence-electron chi connectivity index (χ2n) is 7.90. The zero-order chi connectivity index (χ0) is 19.3. The first-order valence-electron chi connectivity index (χ1n) is 10.2. The Bertz CT molecular complexity index is 787. The van der Waals surface area contributed by atoms with Crippen LogP contribution in [0.2, 0.25) is 0 Å². The second-order valence-corrected chi connectivity index (χ2v) is 7.90. The number of hydrogen-bond acceptors (Lipinski definition) is 4. The molecule has 2 aromatic carbocycles. The van der Waals surface area contributed by atoms with E-state index in [-0.39, 0.29) is 12.0 Å². The molecule has 28 heavy (non-hydrogen) atoms. The SMILES string of the molecule is CC(COC1Cc2ccccc2NC1=O)CN1CCN(c2ccccc2)CC1. The minimum absolute atomic E-state index is 0.0256. The number of nitrogens with one attached hydrogen (secondary N) is 1. The van der Waals surface area contributed by atoms with Crippen LogP contribution >= 0.6 is 0 Å². The third-order valence-corrected chi connectivity index (χ3v) is 5.62. The topological polar surface area (TPSA) is 44.8 Å². The lowest BCUT2D eigenvalue weighted by Gasteiger charge is -2.37. The van der Waals surface area contributed by atoms with Crippen molar-refractivity contribution >= 4 is 17.3 Å². The molecule has 0 aliphatic carbocycles. The highest BCUT2D eigenvalue weighted by Crippen LogP contribution is 2.23. The predicted molar refractivity (Wildman–Crippen MR) is 113 cm³/mol. The van der Waals surface area contributed by atoms with E-state index in [4.69, 9.17) is 4.74 Å². The first-order chi connectivity index (χ1) is 13.7. The first kappa shape index (κ1) is 19.0. The van der Waals surface area contributed by atoms with E-state index >= 15 is 0 Å². The number of carbonyl (C=O) groups is 1. The average molecular weight is 380 g/mol. The molecule has 5 heteroatoms. The Hall–Kier alpha value is -2.37. The molecule has 2 aliphatic rings.